The molecule has 1 aromatic carbocycles. The predicted octanol–water partition coefficient (Wildman–Crippen LogP) is 1.99. The molecule has 0 aromatic heterocycles. The second-order valence-corrected chi connectivity index (χ2v) is 8.48. The molecule has 0 atom stereocenters. The van der Waals surface area contributed by atoms with Gasteiger partial charge in [-0.1, -0.05) is 12.1 Å². The summed E-state index contributed by atoms with van der Waals surface area (Å²) in [6.07, 6.45) is 3.93. The maximum atomic E-state index is 11.7. The van der Waals surface area contributed by atoms with Gasteiger partial charge in [0, 0.05) is 19.3 Å². The molecule has 1 aliphatic carbocycles. The van der Waals surface area contributed by atoms with Gasteiger partial charge in [0.25, 0.3) is 0 Å². The van der Waals surface area contributed by atoms with E-state index >= 15 is 0 Å². The molecule has 1 aromatic rings. The lowest BCUT2D eigenvalue weighted by Crippen LogP contribution is -2.50. The molecular weight excluding hydrogens is 453 g/mol. The molecule has 3 N–H and O–H groups in total. The molecule has 0 aliphatic heterocycles. The Labute approximate surface area is 167 Å². The quantitative estimate of drug-likeness (QED) is 0.329. The van der Waals surface area contributed by atoms with Crippen LogP contribution in [0.5, 0.6) is 0 Å². The van der Waals surface area contributed by atoms with Crippen molar-refractivity contribution in [2.45, 2.75) is 50.2 Å². The molecule has 0 radical (unpaired) electrons. The predicted molar refractivity (Wildman–Crippen MR) is 111 cm³/mol. The van der Waals surface area contributed by atoms with Crippen LogP contribution in [0.3, 0.4) is 0 Å². The van der Waals surface area contributed by atoms with E-state index in [0.717, 1.165) is 36.9 Å². The van der Waals surface area contributed by atoms with E-state index in [-0.39, 0.29) is 24.0 Å². The maximum Gasteiger partial charge on any atom is 0.191 e. The third kappa shape index (κ3) is 6.41. The lowest BCUT2D eigenvalue weighted by Gasteiger charge is -2.37. The zero-order valence-corrected chi connectivity index (χ0v) is 18.1. The third-order valence-electron chi connectivity index (χ3n) is 4.27. The Morgan fingerprint density at radius 2 is 2.00 bits per heavy atom. The fourth-order valence-corrected chi connectivity index (χ4v) is 3.71. The van der Waals surface area contributed by atoms with Crippen molar-refractivity contribution in [1.29, 1.82) is 0 Å². The highest BCUT2D eigenvalue weighted by molar-refractivity contribution is 14.0. The van der Waals surface area contributed by atoms with Crippen LogP contribution < -0.4 is 10.6 Å². The highest BCUT2D eigenvalue weighted by atomic mass is 127. The SMILES string of the molecule is CCNC(=NCc1ccc(S(C)(=O)=O)c(C)c1)NCC1(O)CCC1.I. The summed E-state index contributed by atoms with van der Waals surface area (Å²) < 4.78 is 23.3. The molecule has 1 fully saturated rings. The molecule has 0 saturated heterocycles. The van der Waals surface area contributed by atoms with Crippen LogP contribution in [-0.4, -0.2) is 44.4 Å². The van der Waals surface area contributed by atoms with Gasteiger partial charge in [-0.3, -0.25) is 0 Å². The molecule has 25 heavy (non-hydrogen) atoms. The fourth-order valence-electron chi connectivity index (χ4n) is 2.75. The van der Waals surface area contributed by atoms with Crippen molar-refractivity contribution in [1.82, 2.24) is 10.6 Å². The number of halogens is 1. The average molecular weight is 481 g/mol. The standard InChI is InChI=1S/C17H27N3O3S.HI/c1-4-18-16(20-12-17(21)8-5-9-17)19-11-14-6-7-15(13(2)10-14)24(3,22)23;/h6-7,10,21H,4-5,8-9,11-12H2,1-3H3,(H2,18,19,20);1H. The van der Waals surface area contributed by atoms with Crippen LogP contribution in [0.4, 0.5) is 0 Å². The number of benzene rings is 1. The summed E-state index contributed by atoms with van der Waals surface area (Å²) in [6.45, 7) is 5.44. The molecule has 6 nitrogen and oxygen atoms in total. The summed E-state index contributed by atoms with van der Waals surface area (Å²) in [6, 6.07) is 5.27. The van der Waals surface area contributed by atoms with Gasteiger partial charge in [0.1, 0.15) is 0 Å². The molecule has 0 amide bonds. The first-order valence-corrected chi connectivity index (χ1v) is 10.2. The maximum absolute atomic E-state index is 11.7. The molecule has 0 bridgehead atoms. The van der Waals surface area contributed by atoms with E-state index in [9.17, 15) is 13.5 Å². The van der Waals surface area contributed by atoms with E-state index in [2.05, 4.69) is 15.6 Å². The number of guanidine groups is 1. The van der Waals surface area contributed by atoms with Crippen molar-refractivity contribution in [3.63, 3.8) is 0 Å². The van der Waals surface area contributed by atoms with Gasteiger partial charge in [-0.2, -0.15) is 0 Å². The second-order valence-electron chi connectivity index (χ2n) is 6.50. The Kier molecular flexibility index (Phi) is 8.14. The first kappa shape index (κ1) is 22.2. The Morgan fingerprint density at radius 3 is 2.48 bits per heavy atom. The topological polar surface area (TPSA) is 90.8 Å². The summed E-state index contributed by atoms with van der Waals surface area (Å²) in [5.41, 5.74) is 1.07. The van der Waals surface area contributed by atoms with Crippen LogP contribution in [0.25, 0.3) is 0 Å². The van der Waals surface area contributed by atoms with E-state index in [4.69, 9.17) is 0 Å². The number of nitrogens with zero attached hydrogens (tertiary/aromatic N) is 1. The number of nitrogens with one attached hydrogen (secondary N) is 2. The minimum atomic E-state index is -3.20. The van der Waals surface area contributed by atoms with Gasteiger partial charge in [-0.15, -0.1) is 24.0 Å². The molecule has 1 saturated carbocycles. The van der Waals surface area contributed by atoms with Crippen LogP contribution >= 0.6 is 24.0 Å². The lowest BCUT2D eigenvalue weighted by molar-refractivity contribution is -0.0279. The summed E-state index contributed by atoms with van der Waals surface area (Å²) in [7, 11) is -3.20. The summed E-state index contributed by atoms with van der Waals surface area (Å²) >= 11 is 0. The summed E-state index contributed by atoms with van der Waals surface area (Å²) in [5.74, 6) is 0.655. The van der Waals surface area contributed by atoms with Gasteiger partial charge < -0.3 is 15.7 Å². The number of rotatable bonds is 6. The fraction of sp³-hybridized carbons (Fsp3) is 0.588. The molecule has 0 unspecified atom stereocenters. The van der Waals surface area contributed by atoms with Gasteiger partial charge >= 0.3 is 0 Å². The van der Waals surface area contributed by atoms with Crippen LogP contribution in [0.15, 0.2) is 28.1 Å². The van der Waals surface area contributed by atoms with Crippen molar-refractivity contribution in [2.75, 3.05) is 19.3 Å². The van der Waals surface area contributed by atoms with Crippen molar-refractivity contribution < 1.29 is 13.5 Å². The second kappa shape index (κ2) is 9.18. The highest BCUT2D eigenvalue weighted by Crippen LogP contribution is 2.30. The van der Waals surface area contributed by atoms with Crippen LogP contribution in [0.1, 0.15) is 37.3 Å². The first-order chi connectivity index (χ1) is 11.2. The van der Waals surface area contributed by atoms with Crippen molar-refractivity contribution in [3.05, 3.63) is 29.3 Å². The number of aryl methyl sites for hydroxylation is 1. The van der Waals surface area contributed by atoms with E-state index in [1.54, 1.807) is 19.1 Å². The molecule has 0 spiro atoms. The van der Waals surface area contributed by atoms with Gasteiger partial charge in [0.05, 0.1) is 17.0 Å². The minimum Gasteiger partial charge on any atom is -0.388 e. The highest BCUT2D eigenvalue weighted by Gasteiger charge is 2.34. The van der Waals surface area contributed by atoms with Crippen LogP contribution in [-0.2, 0) is 16.4 Å². The van der Waals surface area contributed by atoms with E-state index < -0.39 is 15.4 Å². The zero-order valence-electron chi connectivity index (χ0n) is 15.0. The summed E-state index contributed by atoms with van der Waals surface area (Å²) in [4.78, 5) is 4.87. The first-order valence-electron chi connectivity index (χ1n) is 8.28. The smallest absolute Gasteiger partial charge is 0.191 e. The Balaban J connectivity index is 0.00000312. The van der Waals surface area contributed by atoms with E-state index in [1.807, 2.05) is 13.0 Å². The van der Waals surface area contributed by atoms with Gasteiger partial charge in [-0.25, -0.2) is 13.4 Å². The normalized spacial score (nSPS) is 16.6. The number of sulfone groups is 1. The zero-order chi connectivity index (χ0) is 17.8. The molecule has 8 heteroatoms. The molecule has 142 valence electrons. The van der Waals surface area contributed by atoms with Gasteiger partial charge in [0.15, 0.2) is 15.8 Å². The number of aliphatic hydroxyl groups is 1. The lowest BCUT2D eigenvalue weighted by atomic mass is 9.80. The largest absolute Gasteiger partial charge is 0.388 e. The van der Waals surface area contributed by atoms with Crippen molar-refractivity contribution in [3.8, 4) is 0 Å². The number of hydrogen-bond donors (Lipinski definition) is 3. The molecule has 1 aliphatic rings. The Hall–Kier alpha value is -0.870. The monoisotopic (exact) mass is 481 g/mol. The Morgan fingerprint density at radius 1 is 1.32 bits per heavy atom. The van der Waals surface area contributed by atoms with Gasteiger partial charge in [0.2, 0.25) is 0 Å². The van der Waals surface area contributed by atoms with Crippen molar-refractivity contribution in [2.24, 2.45) is 4.99 Å². The van der Waals surface area contributed by atoms with Gasteiger partial charge in [-0.05, 0) is 50.3 Å². The van der Waals surface area contributed by atoms with Crippen molar-refractivity contribution >= 4 is 39.8 Å². The molecule has 0 heterocycles. The minimum absolute atomic E-state index is 0. The summed E-state index contributed by atoms with van der Waals surface area (Å²) in [5, 5.41) is 16.5. The van der Waals surface area contributed by atoms with E-state index in [1.165, 1.54) is 6.26 Å². The van der Waals surface area contributed by atoms with Crippen LogP contribution in [0, 0.1) is 6.92 Å². The molecule has 2 rings (SSSR count). The third-order valence-corrected chi connectivity index (χ3v) is 5.53. The number of aliphatic imine (C=N–C) groups is 1. The van der Waals surface area contributed by atoms with Crippen LogP contribution in [0.2, 0.25) is 0 Å². The Bertz CT molecular complexity index is 716. The van der Waals surface area contributed by atoms with E-state index in [0.29, 0.717) is 23.9 Å². The molecular formula is C17H28IN3O3S. The number of hydrogen-bond acceptors (Lipinski definition) is 4. The average Bonchev–Trinajstić information content (AvgIpc) is 2.47.